The Morgan fingerprint density at radius 2 is 1.47 bits per heavy atom. The number of benzene rings is 3. The number of halogens is 1. The minimum atomic E-state index is -0.426. The van der Waals surface area contributed by atoms with Crippen LogP contribution in [0.5, 0.6) is 5.75 Å². The van der Waals surface area contributed by atoms with Crippen molar-refractivity contribution >= 4 is 33.6 Å². The van der Waals surface area contributed by atoms with E-state index in [9.17, 15) is 9.90 Å². The molecule has 0 aromatic heterocycles. The average molecular weight is 641 g/mol. The second-order valence-electron chi connectivity index (χ2n) is 11.2. The molecule has 224 valence electrons. The zero-order valence-corrected chi connectivity index (χ0v) is 27.0. The van der Waals surface area contributed by atoms with E-state index in [0.717, 1.165) is 69.3 Å². The number of amides is 1. The van der Waals surface area contributed by atoms with Crippen LogP contribution in [0.25, 0.3) is 5.57 Å². The SMILES string of the molecule is CN=C/C(Br)=C(C)/C=C(\C=C(/C)NCc1ccc(CNC(=O)C2(c3ccccc3)CCCCC2)cc1)c1ccccc1O. The summed E-state index contributed by atoms with van der Waals surface area (Å²) >= 11 is 3.57. The Morgan fingerprint density at radius 3 is 2.09 bits per heavy atom. The van der Waals surface area contributed by atoms with Gasteiger partial charge in [0, 0.05) is 42.1 Å². The van der Waals surface area contributed by atoms with Gasteiger partial charge in [0.15, 0.2) is 0 Å². The van der Waals surface area contributed by atoms with Gasteiger partial charge in [-0.2, -0.15) is 0 Å². The Labute approximate surface area is 264 Å². The monoisotopic (exact) mass is 639 g/mol. The van der Waals surface area contributed by atoms with Crippen molar-refractivity contribution in [2.24, 2.45) is 4.99 Å². The number of aliphatic imine (C=N–C) groups is 1. The molecule has 0 heterocycles. The number of carbonyl (C=O) groups excluding carboxylic acids is 1. The number of hydrogen-bond acceptors (Lipinski definition) is 4. The third kappa shape index (κ3) is 8.57. The van der Waals surface area contributed by atoms with Crippen LogP contribution in [0.1, 0.15) is 68.2 Å². The summed E-state index contributed by atoms with van der Waals surface area (Å²) in [5, 5.41) is 17.3. The van der Waals surface area contributed by atoms with Crippen LogP contribution in [0.4, 0.5) is 0 Å². The Morgan fingerprint density at radius 1 is 0.860 bits per heavy atom. The first-order valence-electron chi connectivity index (χ1n) is 14.9. The highest BCUT2D eigenvalue weighted by Crippen LogP contribution is 2.39. The molecule has 1 saturated carbocycles. The Kier molecular flexibility index (Phi) is 11.6. The van der Waals surface area contributed by atoms with E-state index in [1.165, 1.54) is 6.42 Å². The highest BCUT2D eigenvalue weighted by molar-refractivity contribution is 9.12. The van der Waals surface area contributed by atoms with E-state index in [1.54, 1.807) is 19.3 Å². The number of carbonyl (C=O) groups is 1. The van der Waals surface area contributed by atoms with Gasteiger partial charge in [0.2, 0.25) is 5.91 Å². The fourth-order valence-corrected chi connectivity index (χ4v) is 5.96. The number of nitrogens with one attached hydrogen (secondary N) is 2. The van der Waals surface area contributed by atoms with Crippen molar-refractivity contribution in [3.05, 3.63) is 129 Å². The maximum Gasteiger partial charge on any atom is 0.230 e. The molecule has 0 saturated heterocycles. The minimum Gasteiger partial charge on any atom is -0.507 e. The number of phenolic OH excluding ortho intramolecular Hbond substituents is 1. The van der Waals surface area contributed by atoms with Crippen LogP contribution in [0, 0.1) is 0 Å². The van der Waals surface area contributed by atoms with Crippen molar-refractivity contribution in [1.29, 1.82) is 0 Å². The van der Waals surface area contributed by atoms with Crippen molar-refractivity contribution < 1.29 is 9.90 Å². The molecule has 5 nitrogen and oxygen atoms in total. The molecule has 3 aromatic carbocycles. The highest BCUT2D eigenvalue weighted by atomic mass is 79.9. The molecule has 0 unspecified atom stereocenters. The van der Waals surface area contributed by atoms with Gasteiger partial charge in [-0.3, -0.25) is 9.79 Å². The zero-order chi connectivity index (χ0) is 30.7. The Hall–Kier alpha value is -3.90. The maximum atomic E-state index is 13.5. The molecule has 3 N–H and O–H groups in total. The minimum absolute atomic E-state index is 0.136. The van der Waals surface area contributed by atoms with Gasteiger partial charge in [-0.1, -0.05) is 98.1 Å². The predicted molar refractivity (Wildman–Crippen MR) is 182 cm³/mol. The van der Waals surface area contributed by atoms with Gasteiger partial charge in [-0.15, -0.1) is 0 Å². The van der Waals surface area contributed by atoms with Gasteiger partial charge in [0.1, 0.15) is 5.75 Å². The number of rotatable bonds is 11. The summed E-state index contributed by atoms with van der Waals surface area (Å²) in [5.74, 6) is 0.365. The first-order valence-corrected chi connectivity index (χ1v) is 15.7. The number of para-hydroxylation sites is 1. The number of hydrogen-bond donors (Lipinski definition) is 3. The smallest absolute Gasteiger partial charge is 0.230 e. The summed E-state index contributed by atoms with van der Waals surface area (Å²) in [6.45, 7) is 5.19. The topological polar surface area (TPSA) is 73.7 Å². The normalized spacial score (nSPS) is 16.1. The quantitative estimate of drug-likeness (QED) is 0.146. The van der Waals surface area contributed by atoms with E-state index in [-0.39, 0.29) is 11.7 Å². The third-order valence-electron chi connectivity index (χ3n) is 8.09. The fourth-order valence-electron chi connectivity index (χ4n) is 5.64. The lowest BCUT2D eigenvalue weighted by Gasteiger charge is -2.36. The summed E-state index contributed by atoms with van der Waals surface area (Å²) in [6, 6.07) is 26.0. The van der Waals surface area contributed by atoms with E-state index in [4.69, 9.17) is 0 Å². The van der Waals surface area contributed by atoms with Gasteiger partial charge in [-0.25, -0.2) is 0 Å². The molecule has 0 spiro atoms. The van der Waals surface area contributed by atoms with Gasteiger partial charge in [0.25, 0.3) is 0 Å². The van der Waals surface area contributed by atoms with Crippen LogP contribution < -0.4 is 10.6 Å². The molecule has 0 bridgehead atoms. The first-order chi connectivity index (χ1) is 20.8. The number of nitrogens with zero attached hydrogens (tertiary/aromatic N) is 1. The van der Waals surface area contributed by atoms with Crippen LogP contribution >= 0.6 is 15.9 Å². The summed E-state index contributed by atoms with van der Waals surface area (Å²) in [7, 11) is 1.73. The molecule has 6 heteroatoms. The summed E-state index contributed by atoms with van der Waals surface area (Å²) in [4.78, 5) is 17.6. The van der Waals surface area contributed by atoms with Crippen LogP contribution in [-0.2, 0) is 23.3 Å². The Balaban J connectivity index is 1.41. The third-order valence-corrected chi connectivity index (χ3v) is 8.92. The first kappa shape index (κ1) is 32.0. The van der Waals surface area contributed by atoms with E-state index in [0.29, 0.717) is 13.1 Å². The van der Waals surface area contributed by atoms with E-state index in [2.05, 4.69) is 68.0 Å². The summed E-state index contributed by atoms with van der Waals surface area (Å²) in [5.41, 5.74) is 6.53. The molecule has 1 amide bonds. The second-order valence-corrected chi connectivity index (χ2v) is 12.1. The van der Waals surface area contributed by atoms with E-state index >= 15 is 0 Å². The lowest BCUT2D eigenvalue weighted by molar-refractivity contribution is -0.128. The van der Waals surface area contributed by atoms with E-state index < -0.39 is 5.41 Å². The molecule has 0 radical (unpaired) electrons. The molecule has 43 heavy (non-hydrogen) atoms. The maximum absolute atomic E-state index is 13.5. The summed E-state index contributed by atoms with van der Waals surface area (Å²) in [6.07, 6.45) is 11.0. The molecular formula is C37H42BrN3O2. The van der Waals surface area contributed by atoms with Crippen LogP contribution in [0.2, 0.25) is 0 Å². The largest absolute Gasteiger partial charge is 0.507 e. The van der Waals surface area contributed by atoms with Gasteiger partial charge in [0.05, 0.1) is 5.41 Å². The lowest BCUT2D eigenvalue weighted by Crippen LogP contribution is -2.45. The van der Waals surface area contributed by atoms with Crippen molar-refractivity contribution in [3.63, 3.8) is 0 Å². The molecule has 1 aliphatic carbocycles. The predicted octanol–water partition coefficient (Wildman–Crippen LogP) is 8.36. The van der Waals surface area contributed by atoms with Crippen LogP contribution in [-0.4, -0.2) is 24.3 Å². The fraction of sp³-hybridized carbons (Fsp3) is 0.297. The second kappa shape index (κ2) is 15.5. The van der Waals surface area contributed by atoms with Gasteiger partial charge < -0.3 is 15.7 Å². The zero-order valence-electron chi connectivity index (χ0n) is 25.4. The molecule has 3 aromatic rings. The lowest BCUT2D eigenvalue weighted by atomic mass is 9.68. The summed E-state index contributed by atoms with van der Waals surface area (Å²) < 4.78 is 0.882. The molecule has 0 aliphatic heterocycles. The molecule has 1 aliphatic rings. The number of allylic oxidation sites excluding steroid dienone is 6. The number of phenols is 1. The molecule has 0 atom stereocenters. The van der Waals surface area contributed by atoms with Crippen LogP contribution in [0.3, 0.4) is 0 Å². The van der Waals surface area contributed by atoms with Crippen LogP contribution in [0.15, 0.2) is 112 Å². The van der Waals surface area contributed by atoms with Crippen molar-refractivity contribution in [3.8, 4) is 5.75 Å². The highest BCUT2D eigenvalue weighted by Gasteiger charge is 2.40. The van der Waals surface area contributed by atoms with Gasteiger partial charge >= 0.3 is 0 Å². The number of aromatic hydroxyl groups is 1. The van der Waals surface area contributed by atoms with Crippen molar-refractivity contribution in [2.45, 2.75) is 64.5 Å². The van der Waals surface area contributed by atoms with Gasteiger partial charge in [-0.05, 0) is 82.6 Å². The molecule has 1 fully saturated rings. The molecular weight excluding hydrogens is 598 g/mol. The standard InChI is InChI=1S/C37H42BrN3O2/c1-27(34(38)26-39-3)22-31(33-14-8-9-15-35(33)42)23-28(2)40-24-29-16-18-30(19-17-29)25-41-36(43)37(20-10-5-11-21-37)32-12-6-4-7-13-32/h4,6-9,12-19,22-23,26,40,42H,5,10-11,20-21,24-25H2,1-3H3,(H,41,43)/b28-23+,31-22+,34-27-,39-26?. The average Bonchev–Trinajstić information content (AvgIpc) is 3.04. The van der Waals surface area contributed by atoms with Crippen molar-refractivity contribution in [2.75, 3.05) is 7.05 Å². The van der Waals surface area contributed by atoms with E-state index in [1.807, 2.05) is 62.4 Å². The van der Waals surface area contributed by atoms with Crippen molar-refractivity contribution in [1.82, 2.24) is 10.6 Å². The molecule has 4 rings (SSSR count). The Bertz CT molecular complexity index is 1500.